The molecular formula is C11H4Br2F3NO2S. The van der Waals surface area contributed by atoms with Gasteiger partial charge in [0.05, 0.1) is 0 Å². The van der Waals surface area contributed by atoms with E-state index < -0.39 is 22.7 Å². The fourth-order valence-electron chi connectivity index (χ4n) is 1.41. The molecule has 9 heteroatoms. The van der Waals surface area contributed by atoms with Crippen LogP contribution in [0.25, 0.3) is 10.6 Å². The van der Waals surface area contributed by atoms with Crippen molar-refractivity contribution in [3.63, 3.8) is 0 Å². The molecule has 0 fully saturated rings. The van der Waals surface area contributed by atoms with E-state index in [1.165, 1.54) is 0 Å². The number of rotatable bonds is 2. The van der Waals surface area contributed by atoms with E-state index in [1.54, 1.807) is 18.2 Å². The minimum Gasteiger partial charge on any atom is -0.477 e. The van der Waals surface area contributed by atoms with Gasteiger partial charge >= 0.3 is 12.1 Å². The highest BCUT2D eigenvalue weighted by Crippen LogP contribution is 2.38. The molecule has 2 aromatic rings. The summed E-state index contributed by atoms with van der Waals surface area (Å²) in [5, 5.41) is 8.84. The Balaban J connectivity index is 2.58. The first-order valence-corrected chi connectivity index (χ1v) is 7.37. The van der Waals surface area contributed by atoms with Crippen molar-refractivity contribution in [2.75, 3.05) is 0 Å². The third-order valence-electron chi connectivity index (χ3n) is 2.26. The van der Waals surface area contributed by atoms with Crippen LogP contribution >= 0.6 is 43.2 Å². The van der Waals surface area contributed by atoms with E-state index in [4.69, 9.17) is 5.11 Å². The first-order chi connectivity index (χ1) is 9.20. The van der Waals surface area contributed by atoms with Gasteiger partial charge < -0.3 is 5.11 Å². The Morgan fingerprint density at radius 2 is 1.90 bits per heavy atom. The summed E-state index contributed by atoms with van der Waals surface area (Å²) in [6, 6.07) is 4.75. The highest BCUT2D eigenvalue weighted by molar-refractivity contribution is 9.13. The van der Waals surface area contributed by atoms with Crippen LogP contribution in [0.4, 0.5) is 13.2 Å². The molecule has 3 nitrogen and oxygen atoms in total. The normalized spacial score (nSPS) is 11.7. The van der Waals surface area contributed by atoms with Crippen LogP contribution in [0.5, 0.6) is 0 Å². The van der Waals surface area contributed by atoms with Crippen molar-refractivity contribution < 1.29 is 23.1 Å². The van der Waals surface area contributed by atoms with Crippen LogP contribution in [-0.2, 0) is 6.18 Å². The smallest absolute Gasteiger partial charge is 0.435 e. The van der Waals surface area contributed by atoms with Crippen LogP contribution in [-0.4, -0.2) is 16.1 Å². The summed E-state index contributed by atoms with van der Waals surface area (Å²) in [6.45, 7) is 0. The number of hydrogen-bond donors (Lipinski definition) is 1. The molecule has 0 bridgehead atoms. The van der Waals surface area contributed by atoms with E-state index in [9.17, 15) is 18.0 Å². The number of hydrogen-bond acceptors (Lipinski definition) is 3. The summed E-state index contributed by atoms with van der Waals surface area (Å²) in [4.78, 5) is 13.5. The van der Waals surface area contributed by atoms with E-state index in [0.717, 1.165) is 4.47 Å². The minimum atomic E-state index is -4.80. The molecule has 0 saturated heterocycles. The predicted molar refractivity (Wildman–Crippen MR) is 74.9 cm³/mol. The number of aromatic carboxylic acids is 1. The summed E-state index contributed by atoms with van der Waals surface area (Å²) in [6.07, 6.45) is -4.80. The van der Waals surface area contributed by atoms with Crippen molar-refractivity contribution in [3.05, 3.63) is 37.7 Å². The molecule has 0 amide bonds. The lowest BCUT2D eigenvalue weighted by molar-refractivity contribution is -0.141. The lowest BCUT2D eigenvalue weighted by Crippen LogP contribution is -2.11. The van der Waals surface area contributed by atoms with Gasteiger partial charge in [-0.15, -0.1) is 11.3 Å². The molecule has 0 aliphatic rings. The van der Waals surface area contributed by atoms with E-state index in [1.807, 2.05) is 0 Å². The summed E-state index contributed by atoms with van der Waals surface area (Å²) < 4.78 is 39.6. The minimum absolute atomic E-state index is 0.00271. The Kier molecular flexibility index (Phi) is 4.22. The molecule has 1 heterocycles. The van der Waals surface area contributed by atoms with Gasteiger partial charge in [0.1, 0.15) is 9.88 Å². The number of carboxylic acid groups (broad SMARTS) is 1. The average molecular weight is 431 g/mol. The first-order valence-electron chi connectivity index (χ1n) is 4.97. The second-order valence-corrected chi connectivity index (χ2v) is 6.34. The maximum Gasteiger partial charge on any atom is 0.435 e. The van der Waals surface area contributed by atoms with Crippen LogP contribution in [0.15, 0.2) is 27.1 Å². The quantitative estimate of drug-likeness (QED) is 0.725. The number of nitrogens with zero attached hydrogens (tertiary/aromatic N) is 1. The number of benzene rings is 1. The second kappa shape index (κ2) is 5.45. The molecule has 1 aromatic carbocycles. The molecule has 0 radical (unpaired) electrons. The summed E-state index contributed by atoms with van der Waals surface area (Å²) in [7, 11) is 0. The van der Waals surface area contributed by atoms with Crippen molar-refractivity contribution in [3.8, 4) is 10.6 Å². The van der Waals surface area contributed by atoms with Gasteiger partial charge in [-0.1, -0.05) is 6.07 Å². The number of thiazole rings is 1. The fourth-order valence-corrected chi connectivity index (χ4v) is 2.96. The van der Waals surface area contributed by atoms with Gasteiger partial charge in [-0.2, -0.15) is 13.2 Å². The molecule has 0 spiro atoms. The van der Waals surface area contributed by atoms with Gasteiger partial charge in [0, 0.05) is 14.5 Å². The predicted octanol–water partition coefficient (Wildman–Crippen LogP) is 5.05. The number of alkyl halides is 3. The van der Waals surface area contributed by atoms with Gasteiger partial charge in [-0.3, -0.25) is 0 Å². The van der Waals surface area contributed by atoms with E-state index in [0.29, 0.717) is 21.4 Å². The van der Waals surface area contributed by atoms with Crippen LogP contribution in [0, 0.1) is 0 Å². The molecular weight excluding hydrogens is 427 g/mol. The third-order valence-corrected chi connectivity index (χ3v) is 5.23. The molecule has 106 valence electrons. The lowest BCUT2D eigenvalue weighted by Gasteiger charge is -2.02. The first kappa shape index (κ1) is 15.5. The molecule has 0 aliphatic heterocycles. The summed E-state index contributed by atoms with van der Waals surface area (Å²) in [5.41, 5.74) is -0.966. The van der Waals surface area contributed by atoms with Crippen LogP contribution in [0.2, 0.25) is 0 Å². The molecule has 1 N–H and O–H groups in total. The zero-order valence-electron chi connectivity index (χ0n) is 9.33. The zero-order chi connectivity index (χ0) is 15.1. The second-order valence-electron chi connectivity index (χ2n) is 3.63. The largest absolute Gasteiger partial charge is 0.477 e. The fraction of sp³-hybridized carbons (Fsp3) is 0.0909. The van der Waals surface area contributed by atoms with E-state index in [2.05, 4.69) is 36.8 Å². The van der Waals surface area contributed by atoms with Gasteiger partial charge in [-0.25, -0.2) is 9.78 Å². The van der Waals surface area contributed by atoms with Crippen molar-refractivity contribution in [1.29, 1.82) is 0 Å². The lowest BCUT2D eigenvalue weighted by atomic mass is 10.2. The number of carbonyl (C=O) groups is 1. The van der Waals surface area contributed by atoms with E-state index >= 15 is 0 Å². The van der Waals surface area contributed by atoms with Crippen LogP contribution < -0.4 is 0 Å². The van der Waals surface area contributed by atoms with Gasteiger partial charge in [0.15, 0.2) is 5.69 Å². The topological polar surface area (TPSA) is 50.2 Å². The Bertz CT molecular complexity index is 685. The summed E-state index contributed by atoms with van der Waals surface area (Å²) in [5.74, 6) is -1.64. The molecule has 0 saturated carbocycles. The molecule has 0 aliphatic carbocycles. The molecule has 0 unspecified atom stereocenters. The van der Waals surface area contributed by atoms with Gasteiger partial charge in [0.25, 0.3) is 0 Å². The number of aromatic nitrogens is 1. The SMILES string of the molecule is O=C(O)c1sc(-c2ccc(Br)c(Br)c2)nc1C(F)(F)F. The average Bonchev–Trinajstić information content (AvgIpc) is 2.77. The maximum atomic E-state index is 12.7. The number of carboxylic acids is 1. The third kappa shape index (κ3) is 3.04. The van der Waals surface area contributed by atoms with Crippen LogP contribution in [0.3, 0.4) is 0 Å². The highest BCUT2D eigenvalue weighted by atomic mass is 79.9. The van der Waals surface area contributed by atoms with Crippen molar-refractivity contribution in [2.45, 2.75) is 6.18 Å². The number of halogens is 5. The Morgan fingerprint density at radius 3 is 2.35 bits per heavy atom. The van der Waals surface area contributed by atoms with Crippen LogP contribution in [0.1, 0.15) is 15.4 Å². The Morgan fingerprint density at radius 1 is 1.25 bits per heavy atom. The molecule has 1 aromatic heterocycles. The maximum absolute atomic E-state index is 12.7. The monoisotopic (exact) mass is 429 g/mol. The Labute approximate surface area is 131 Å². The Hall–Kier alpha value is -0.930. The van der Waals surface area contributed by atoms with Gasteiger partial charge in [0.2, 0.25) is 0 Å². The van der Waals surface area contributed by atoms with Crippen molar-refractivity contribution >= 4 is 49.2 Å². The zero-order valence-corrected chi connectivity index (χ0v) is 13.3. The molecule has 2 rings (SSSR count). The van der Waals surface area contributed by atoms with Crippen molar-refractivity contribution in [2.24, 2.45) is 0 Å². The standard InChI is InChI=1S/C11H4Br2F3NO2S/c12-5-2-1-4(3-6(5)13)9-17-8(11(14,15)16)7(20-9)10(18)19/h1-3H,(H,18,19). The molecule has 0 atom stereocenters. The summed E-state index contributed by atoms with van der Waals surface area (Å²) >= 11 is 6.96. The van der Waals surface area contributed by atoms with E-state index in [-0.39, 0.29) is 5.01 Å². The van der Waals surface area contributed by atoms with Crippen molar-refractivity contribution in [1.82, 2.24) is 4.98 Å². The van der Waals surface area contributed by atoms with Gasteiger partial charge in [-0.05, 0) is 44.0 Å². The highest BCUT2D eigenvalue weighted by Gasteiger charge is 2.39. The molecule has 20 heavy (non-hydrogen) atoms.